The lowest BCUT2D eigenvalue weighted by Crippen LogP contribution is -2.40. The molecule has 24 heavy (non-hydrogen) atoms. The predicted molar refractivity (Wildman–Crippen MR) is 99.8 cm³/mol. The Morgan fingerprint density at radius 1 is 1.25 bits per heavy atom. The summed E-state index contributed by atoms with van der Waals surface area (Å²) >= 11 is 0. The van der Waals surface area contributed by atoms with E-state index in [9.17, 15) is 0 Å². The Bertz CT molecular complexity index is 492. The van der Waals surface area contributed by atoms with Crippen LogP contribution >= 0.6 is 0 Å². The Morgan fingerprint density at radius 3 is 2.67 bits per heavy atom. The van der Waals surface area contributed by atoms with Gasteiger partial charge in [0.1, 0.15) is 12.4 Å². The first-order valence-corrected chi connectivity index (χ1v) is 8.41. The monoisotopic (exact) mass is 336 g/mol. The normalized spacial score (nSPS) is 11.9. The molecular weight excluding hydrogens is 304 g/mol. The van der Waals surface area contributed by atoms with Crippen molar-refractivity contribution in [3.63, 3.8) is 0 Å². The van der Waals surface area contributed by atoms with E-state index in [2.05, 4.69) is 53.6 Å². The zero-order chi connectivity index (χ0) is 17.8. The summed E-state index contributed by atoms with van der Waals surface area (Å²) in [5.41, 5.74) is 1.16. The average molecular weight is 336 g/mol. The zero-order valence-electron chi connectivity index (χ0n) is 15.6. The summed E-state index contributed by atoms with van der Waals surface area (Å²) in [6, 6.07) is 8.48. The molecule has 2 N–H and O–H groups in total. The Hall–Kier alpha value is -1.79. The fourth-order valence-corrected chi connectivity index (χ4v) is 2.08. The van der Waals surface area contributed by atoms with Gasteiger partial charge in [0.15, 0.2) is 5.96 Å². The molecule has 0 atom stereocenters. The van der Waals surface area contributed by atoms with Gasteiger partial charge in [0, 0.05) is 39.8 Å². The first-order chi connectivity index (χ1) is 11.5. The smallest absolute Gasteiger partial charge is 0.191 e. The van der Waals surface area contributed by atoms with Crippen LogP contribution in [0.25, 0.3) is 0 Å². The van der Waals surface area contributed by atoms with Gasteiger partial charge < -0.3 is 25.0 Å². The van der Waals surface area contributed by atoms with Gasteiger partial charge in [-0.25, -0.2) is 0 Å². The molecule has 136 valence electrons. The standard InChI is InChI=1S/C18H32N4O2/c1-15(2)21-18(19-3)20-14-16-7-6-8-17(13-16)24-12-10-22(4)9-11-23-5/h6-8,13,15H,9-12,14H2,1-5H3,(H2,19,20,21). The third-order valence-electron chi connectivity index (χ3n) is 3.43. The van der Waals surface area contributed by atoms with Crippen LogP contribution in [0, 0.1) is 0 Å². The number of hydrogen-bond donors (Lipinski definition) is 2. The van der Waals surface area contributed by atoms with Crippen LogP contribution in [-0.4, -0.2) is 64.4 Å². The fourth-order valence-electron chi connectivity index (χ4n) is 2.08. The lowest BCUT2D eigenvalue weighted by atomic mass is 10.2. The highest BCUT2D eigenvalue weighted by Crippen LogP contribution is 2.13. The maximum absolute atomic E-state index is 5.84. The number of hydrogen-bond acceptors (Lipinski definition) is 4. The highest BCUT2D eigenvalue weighted by molar-refractivity contribution is 5.79. The summed E-state index contributed by atoms with van der Waals surface area (Å²) < 4.78 is 10.9. The molecule has 6 nitrogen and oxygen atoms in total. The van der Waals surface area contributed by atoms with E-state index in [1.807, 2.05) is 12.1 Å². The molecule has 0 bridgehead atoms. The minimum Gasteiger partial charge on any atom is -0.492 e. The van der Waals surface area contributed by atoms with Gasteiger partial charge in [-0.15, -0.1) is 0 Å². The van der Waals surface area contributed by atoms with Crippen molar-refractivity contribution < 1.29 is 9.47 Å². The number of aliphatic imine (C=N–C) groups is 1. The number of guanidine groups is 1. The van der Waals surface area contributed by atoms with Gasteiger partial charge in [0.2, 0.25) is 0 Å². The largest absolute Gasteiger partial charge is 0.492 e. The van der Waals surface area contributed by atoms with Gasteiger partial charge in [-0.05, 0) is 38.6 Å². The van der Waals surface area contributed by atoms with E-state index in [1.165, 1.54) is 0 Å². The molecule has 0 aliphatic carbocycles. The number of nitrogens with one attached hydrogen (secondary N) is 2. The summed E-state index contributed by atoms with van der Waals surface area (Å²) in [7, 11) is 5.56. The highest BCUT2D eigenvalue weighted by Gasteiger charge is 2.02. The van der Waals surface area contributed by atoms with Crippen molar-refractivity contribution in [1.82, 2.24) is 15.5 Å². The van der Waals surface area contributed by atoms with Crippen LogP contribution in [0.15, 0.2) is 29.3 Å². The molecule has 1 rings (SSSR count). The fraction of sp³-hybridized carbons (Fsp3) is 0.611. The quantitative estimate of drug-likeness (QED) is 0.503. The van der Waals surface area contributed by atoms with Crippen LogP contribution in [0.4, 0.5) is 0 Å². The molecule has 0 spiro atoms. The first-order valence-electron chi connectivity index (χ1n) is 8.41. The molecule has 0 saturated heterocycles. The third kappa shape index (κ3) is 8.74. The summed E-state index contributed by atoms with van der Waals surface area (Å²) in [5.74, 6) is 1.69. The van der Waals surface area contributed by atoms with Gasteiger partial charge in [-0.2, -0.15) is 0 Å². The molecular formula is C18H32N4O2. The Labute approximate surface area is 146 Å². The van der Waals surface area contributed by atoms with E-state index in [1.54, 1.807) is 14.2 Å². The van der Waals surface area contributed by atoms with E-state index in [4.69, 9.17) is 9.47 Å². The van der Waals surface area contributed by atoms with Gasteiger partial charge in [-0.3, -0.25) is 4.99 Å². The second-order valence-corrected chi connectivity index (χ2v) is 6.02. The summed E-state index contributed by atoms with van der Waals surface area (Å²) in [6.45, 7) is 8.06. The Balaban J connectivity index is 2.40. The lowest BCUT2D eigenvalue weighted by Gasteiger charge is -2.17. The van der Waals surface area contributed by atoms with Gasteiger partial charge >= 0.3 is 0 Å². The average Bonchev–Trinajstić information content (AvgIpc) is 2.56. The number of nitrogens with zero attached hydrogens (tertiary/aromatic N) is 2. The predicted octanol–water partition coefficient (Wildman–Crippen LogP) is 1.72. The molecule has 0 radical (unpaired) electrons. The number of methoxy groups -OCH3 is 1. The first kappa shape index (κ1) is 20.3. The molecule has 0 aliphatic rings. The Morgan fingerprint density at radius 2 is 2.00 bits per heavy atom. The van der Waals surface area contributed by atoms with E-state index < -0.39 is 0 Å². The van der Waals surface area contributed by atoms with Crippen molar-refractivity contribution in [2.24, 2.45) is 4.99 Å². The molecule has 0 aromatic heterocycles. The van der Waals surface area contributed by atoms with Crippen LogP contribution < -0.4 is 15.4 Å². The van der Waals surface area contributed by atoms with Gasteiger partial charge in [0.25, 0.3) is 0 Å². The van der Waals surface area contributed by atoms with E-state index in [0.29, 0.717) is 19.2 Å². The molecule has 6 heteroatoms. The number of rotatable bonds is 10. The minimum atomic E-state index is 0.348. The molecule has 0 heterocycles. The molecule has 0 fully saturated rings. The van der Waals surface area contributed by atoms with Crippen LogP contribution in [0.2, 0.25) is 0 Å². The maximum atomic E-state index is 5.84. The molecule has 0 amide bonds. The number of benzene rings is 1. The topological polar surface area (TPSA) is 58.1 Å². The van der Waals surface area contributed by atoms with Gasteiger partial charge in [0.05, 0.1) is 6.61 Å². The summed E-state index contributed by atoms with van der Waals surface area (Å²) in [6.07, 6.45) is 0. The van der Waals surface area contributed by atoms with Crippen LogP contribution in [0.3, 0.4) is 0 Å². The van der Waals surface area contributed by atoms with E-state index >= 15 is 0 Å². The van der Waals surface area contributed by atoms with Crippen LogP contribution in [0.5, 0.6) is 5.75 Å². The second-order valence-electron chi connectivity index (χ2n) is 6.02. The van der Waals surface area contributed by atoms with E-state index in [0.717, 1.165) is 37.0 Å². The van der Waals surface area contributed by atoms with Crippen molar-refractivity contribution >= 4 is 5.96 Å². The molecule has 0 unspecified atom stereocenters. The molecule has 1 aromatic carbocycles. The van der Waals surface area contributed by atoms with Crippen molar-refractivity contribution in [3.05, 3.63) is 29.8 Å². The van der Waals surface area contributed by atoms with Crippen molar-refractivity contribution in [2.45, 2.75) is 26.4 Å². The maximum Gasteiger partial charge on any atom is 0.191 e. The zero-order valence-corrected chi connectivity index (χ0v) is 15.6. The number of ether oxygens (including phenoxy) is 2. The lowest BCUT2D eigenvalue weighted by molar-refractivity contribution is 0.150. The van der Waals surface area contributed by atoms with Crippen molar-refractivity contribution in [2.75, 3.05) is 47.5 Å². The minimum absolute atomic E-state index is 0.348. The van der Waals surface area contributed by atoms with Gasteiger partial charge in [-0.1, -0.05) is 12.1 Å². The van der Waals surface area contributed by atoms with E-state index in [-0.39, 0.29) is 0 Å². The summed E-state index contributed by atoms with van der Waals surface area (Å²) in [5, 5.41) is 6.57. The number of likely N-dealkylation sites (N-methyl/N-ethyl adjacent to an activating group) is 1. The highest BCUT2D eigenvalue weighted by atomic mass is 16.5. The molecule has 0 aliphatic heterocycles. The van der Waals surface area contributed by atoms with Crippen molar-refractivity contribution in [3.8, 4) is 5.75 Å². The second kappa shape index (κ2) is 11.7. The molecule has 1 aromatic rings. The SMILES string of the molecule is CN=C(NCc1cccc(OCCN(C)CCOC)c1)NC(C)C. The third-order valence-corrected chi connectivity index (χ3v) is 3.43. The van der Waals surface area contributed by atoms with Crippen LogP contribution in [0.1, 0.15) is 19.4 Å². The Kier molecular flexibility index (Phi) is 9.88. The summed E-state index contributed by atoms with van der Waals surface area (Å²) in [4.78, 5) is 6.40. The molecule has 0 saturated carbocycles. The van der Waals surface area contributed by atoms with Crippen molar-refractivity contribution in [1.29, 1.82) is 0 Å². The van der Waals surface area contributed by atoms with Crippen LogP contribution in [-0.2, 0) is 11.3 Å².